The number of hydrogen-bond acceptors (Lipinski definition) is 4. The maximum atomic E-state index is 4.49. The SMILES string of the molecule is Cc1csc(-c2nc(N3CCC3)n[nH]2)c1. The zero-order chi connectivity index (χ0) is 10.3. The molecule has 0 bridgehead atoms. The highest BCUT2D eigenvalue weighted by atomic mass is 32.1. The molecule has 0 spiro atoms. The minimum atomic E-state index is 0.835. The Morgan fingerprint density at radius 2 is 2.33 bits per heavy atom. The molecule has 0 aromatic carbocycles. The molecule has 5 heteroatoms. The van der Waals surface area contributed by atoms with E-state index in [4.69, 9.17) is 0 Å². The fourth-order valence-corrected chi connectivity index (χ4v) is 2.41. The van der Waals surface area contributed by atoms with E-state index in [1.165, 1.54) is 12.0 Å². The summed E-state index contributed by atoms with van der Waals surface area (Å²) in [5.74, 6) is 1.72. The van der Waals surface area contributed by atoms with Gasteiger partial charge in [-0.1, -0.05) is 0 Å². The van der Waals surface area contributed by atoms with Gasteiger partial charge in [0.1, 0.15) is 0 Å². The molecule has 0 aliphatic carbocycles. The van der Waals surface area contributed by atoms with Crippen LogP contribution in [0.5, 0.6) is 0 Å². The lowest BCUT2D eigenvalue weighted by molar-refractivity contribution is 0.601. The summed E-state index contributed by atoms with van der Waals surface area (Å²) in [6.45, 7) is 4.26. The number of nitrogens with zero attached hydrogens (tertiary/aromatic N) is 3. The molecule has 0 radical (unpaired) electrons. The van der Waals surface area contributed by atoms with Crippen molar-refractivity contribution in [2.45, 2.75) is 13.3 Å². The van der Waals surface area contributed by atoms with Crippen molar-refractivity contribution in [3.8, 4) is 10.7 Å². The predicted octanol–water partition coefficient (Wildman–Crippen LogP) is 2.05. The molecule has 15 heavy (non-hydrogen) atoms. The molecule has 0 saturated carbocycles. The summed E-state index contributed by atoms with van der Waals surface area (Å²) in [6.07, 6.45) is 1.25. The van der Waals surface area contributed by atoms with E-state index in [2.05, 4.69) is 38.5 Å². The Hall–Kier alpha value is -1.36. The van der Waals surface area contributed by atoms with Crippen molar-refractivity contribution in [2.75, 3.05) is 18.0 Å². The number of hydrogen-bond donors (Lipinski definition) is 1. The van der Waals surface area contributed by atoms with E-state index in [9.17, 15) is 0 Å². The van der Waals surface area contributed by atoms with Crippen LogP contribution in [0.15, 0.2) is 11.4 Å². The number of H-pyrrole nitrogens is 1. The van der Waals surface area contributed by atoms with Crippen LogP contribution < -0.4 is 4.90 Å². The van der Waals surface area contributed by atoms with Gasteiger partial charge in [-0.3, -0.25) is 5.10 Å². The van der Waals surface area contributed by atoms with Gasteiger partial charge < -0.3 is 4.90 Å². The molecular formula is C10H12N4S. The topological polar surface area (TPSA) is 44.8 Å². The predicted molar refractivity (Wildman–Crippen MR) is 61.3 cm³/mol. The summed E-state index contributed by atoms with van der Waals surface area (Å²) < 4.78 is 0. The van der Waals surface area contributed by atoms with Gasteiger partial charge >= 0.3 is 0 Å². The molecule has 4 nitrogen and oxygen atoms in total. The third-order valence-corrected chi connectivity index (χ3v) is 3.63. The Morgan fingerprint density at radius 1 is 1.47 bits per heavy atom. The molecule has 1 aliphatic heterocycles. The van der Waals surface area contributed by atoms with Crippen LogP contribution in [0.2, 0.25) is 0 Å². The average molecular weight is 220 g/mol. The average Bonchev–Trinajstić information content (AvgIpc) is 2.70. The monoisotopic (exact) mass is 220 g/mol. The molecule has 0 atom stereocenters. The van der Waals surface area contributed by atoms with Crippen LogP contribution in [0.25, 0.3) is 10.7 Å². The van der Waals surface area contributed by atoms with Crippen LogP contribution in [-0.4, -0.2) is 28.3 Å². The highest BCUT2D eigenvalue weighted by Crippen LogP contribution is 2.25. The number of thiophene rings is 1. The number of aryl methyl sites for hydroxylation is 1. The zero-order valence-corrected chi connectivity index (χ0v) is 9.34. The lowest BCUT2D eigenvalue weighted by atomic mass is 10.2. The summed E-state index contributed by atoms with van der Waals surface area (Å²) in [6, 6.07) is 2.13. The quantitative estimate of drug-likeness (QED) is 0.842. The third-order valence-electron chi connectivity index (χ3n) is 2.58. The van der Waals surface area contributed by atoms with Crippen molar-refractivity contribution in [2.24, 2.45) is 0 Å². The summed E-state index contributed by atoms with van der Waals surface area (Å²) in [5.41, 5.74) is 1.27. The molecule has 0 amide bonds. The Balaban J connectivity index is 1.89. The van der Waals surface area contributed by atoms with Crippen molar-refractivity contribution in [3.63, 3.8) is 0 Å². The lowest BCUT2D eigenvalue weighted by Gasteiger charge is -2.29. The van der Waals surface area contributed by atoms with Crippen LogP contribution in [0.1, 0.15) is 12.0 Å². The molecule has 1 N–H and O–H groups in total. The van der Waals surface area contributed by atoms with Crippen LogP contribution in [0.4, 0.5) is 5.95 Å². The molecule has 2 aromatic heterocycles. The normalized spacial score (nSPS) is 15.4. The fraction of sp³-hybridized carbons (Fsp3) is 0.400. The fourth-order valence-electron chi connectivity index (χ4n) is 1.58. The van der Waals surface area contributed by atoms with Gasteiger partial charge in [0.2, 0.25) is 5.95 Å². The van der Waals surface area contributed by atoms with Crippen LogP contribution in [0.3, 0.4) is 0 Å². The summed E-state index contributed by atoms with van der Waals surface area (Å²) in [7, 11) is 0. The van der Waals surface area contributed by atoms with E-state index in [0.29, 0.717) is 0 Å². The molecule has 2 aromatic rings. The molecule has 3 heterocycles. The van der Waals surface area contributed by atoms with Crippen LogP contribution >= 0.6 is 11.3 Å². The second kappa shape index (κ2) is 3.34. The van der Waals surface area contributed by atoms with E-state index in [1.54, 1.807) is 11.3 Å². The highest BCUT2D eigenvalue weighted by molar-refractivity contribution is 7.13. The first-order chi connectivity index (χ1) is 7.33. The zero-order valence-electron chi connectivity index (χ0n) is 8.53. The highest BCUT2D eigenvalue weighted by Gasteiger charge is 2.19. The summed E-state index contributed by atoms with van der Waals surface area (Å²) in [5, 5.41) is 9.34. The van der Waals surface area contributed by atoms with Gasteiger partial charge in [0.15, 0.2) is 5.82 Å². The number of aromatic amines is 1. The number of aromatic nitrogens is 3. The van der Waals surface area contributed by atoms with Gasteiger partial charge in [-0.05, 0) is 30.4 Å². The van der Waals surface area contributed by atoms with E-state index in [1.807, 2.05) is 0 Å². The number of rotatable bonds is 2. The van der Waals surface area contributed by atoms with Crippen molar-refractivity contribution in [3.05, 3.63) is 17.0 Å². The standard InChI is InChI=1S/C10H12N4S/c1-7-5-8(15-6-7)9-11-10(13-12-9)14-3-2-4-14/h5-6H,2-4H2,1H3,(H,11,12,13). The summed E-state index contributed by atoms with van der Waals surface area (Å²) >= 11 is 1.70. The van der Waals surface area contributed by atoms with Gasteiger partial charge in [0.05, 0.1) is 4.88 Å². The first-order valence-electron chi connectivity index (χ1n) is 5.06. The van der Waals surface area contributed by atoms with Crippen molar-refractivity contribution >= 4 is 17.3 Å². The van der Waals surface area contributed by atoms with E-state index in [0.717, 1.165) is 29.7 Å². The van der Waals surface area contributed by atoms with E-state index in [-0.39, 0.29) is 0 Å². The molecule has 3 rings (SSSR count). The molecule has 78 valence electrons. The van der Waals surface area contributed by atoms with E-state index < -0.39 is 0 Å². The first-order valence-corrected chi connectivity index (χ1v) is 5.94. The van der Waals surface area contributed by atoms with Gasteiger partial charge in [0.25, 0.3) is 0 Å². The Labute approximate surface area is 92.0 Å². The summed E-state index contributed by atoms with van der Waals surface area (Å²) in [4.78, 5) is 7.83. The molecule has 0 unspecified atom stereocenters. The first kappa shape index (κ1) is 8.91. The van der Waals surface area contributed by atoms with Gasteiger partial charge in [-0.2, -0.15) is 4.98 Å². The van der Waals surface area contributed by atoms with E-state index >= 15 is 0 Å². The van der Waals surface area contributed by atoms with Crippen LogP contribution in [-0.2, 0) is 0 Å². The second-order valence-corrected chi connectivity index (χ2v) is 4.72. The Kier molecular flexibility index (Phi) is 1.98. The van der Waals surface area contributed by atoms with Crippen LogP contribution in [0, 0.1) is 6.92 Å². The van der Waals surface area contributed by atoms with Crippen molar-refractivity contribution in [1.29, 1.82) is 0 Å². The maximum Gasteiger partial charge on any atom is 0.245 e. The second-order valence-electron chi connectivity index (χ2n) is 3.81. The lowest BCUT2D eigenvalue weighted by Crippen LogP contribution is -2.37. The largest absolute Gasteiger partial charge is 0.339 e. The van der Waals surface area contributed by atoms with Gasteiger partial charge in [0, 0.05) is 13.1 Å². The Morgan fingerprint density at radius 3 is 2.93 bits per heavy atom. The molecule has 1 saturated heterocycles. The number of anilines is 1. The molecule has 1 aliphatic rings. The minimum Gasteiger partial charge on any atom is -0.339 e. The van der Waals surface area contributed by atoms with Gasteiger partial charge in [-0.25, -0.2) is 0 Å². The van der Waals surface area contributed by atoms with Crippen molar-refractivity contribution in [1.82, 2.24) is 15.2 Å². The number of nitrogens with one attached hydrogen (secondary N) is 1. The minimum absolute atomic E-state index is 0.835. The smallest absolute Gasteiger partial charge is 0.245 e. The maximum absolute atomic E-state index is 4.49. The molecule has 1 fully saturated rings. The van der Waals surface area contributed by atoms with Crippen molar-refractivity contribution < 1.29 is 0 Å². The third kappa shape index (κ3) is 1.52. The molecular weight excluding hydrogens is 208 g/mol. The van der Waals surface area contributed by atoms with Gasteiger partial charge in [-0.15, -0.1) is 16.4 Å². The Bertz CT molecular complexity index is 469.